The number of hydrogen-bond donors (Lipinski definition) is 1. The largest absolute Gasteiger partial charge is 0.378 e. The maximum atomic E-state index is 12.9. The Morgan fingerprint density at radius 3 is 3.12 bits per heavy atom. The molecule has 1 fully saturated rings. The number of benzene rings is 1. The van der Waals surface area contributed by atoms with E-state index in [9.17, 15) is 4.79 Å². The molecule has 0 aliphatic carbocycles. The molecule has 1 amide bonds. The molecule has 1 N–H and O–H groups in total. The molecule has 130 valence electrons. The molecule has 2 aromatic rings. The molecule has 1 aliphatic rings. The van der Waals surface area contributed by atoms with Gasteiger partial charge in [0.1, 0.15) is 10.7 Å². The molecule has 0 saturated carbocycles. The standard InChI is InChI=1S/C16H18ClN3O2S.ClH/c1-22-9-15-19-13(10-23-15)16(21)20-6-5-18-8-14(20)11-3-2-4-12(17)7-11;/h2-4,7,10,14,18H,5-6,8-9H2,1H3;1H. The zero-order valence-corrected chi connectivity index (χ0v) is 15.6. The van der Waals surface area contributed by atoms with Crippen LogP contribution in [-0.2, 0) is 11.3 Å². The van der Waals surface area contributed by atoms with Gasteiger partial charge in [0.25, 0.3) is 5.91 Å². The fourth-order valence-electron chi connectivity index (χ4n) is 2.71. The van der Waals surface area contributed by atoms with Crippen LogP contribution in [0.1, 0.15) is 27.1 Å². The van der Waals surface area contributed by atoms with Crippen LogP contribution in [0.15, 0.2) is 29.6 Å². The summed E-state index contributed by atoms with van der Waals surface area (Å²) in [5.41, 5.74) is 1.52. The van der Waals surface area contributed by atoms with Crippen molar-refractivity contribution in [3.8, 4) is 0 Å². The van der Waals surface area contributed by atoms with Crippen LogP contribution in [0.4, 0.5) is 0 Å². The van der Waals surface area contributed by atoms with Gasteiger partial charge >= 0.3 is 0 Å². The molecule has 1 aliphatic heterocycles. The fourth-order valence-corrected chi connectivity index (χ4v) is 3.64. The number of amides is 1. The van der Waals surface area contributed by atoms with Crippen LogP contribution in [0.2, 0.25) is 5.02 Å². The van der Waals surface area contributed by atoms with Crippen molar-refractivity contribution in [2.75, 3.05) is 26.7 Å². The Balaban J connectivity index is 0.00000208. The first-order valence-electron chi connectivity index (χ1n) is 7.39. The highest BCUT2D eigenvalue weighted by atomic mass is 35.5. The van der Waals surface area contributed by atoms with E-state index in [1.807, 2.05) is 29.2 Å². The van der Waals surface area contributed by atoms with E-state index in [0.717, 1.165) is 17.1 Å². The Labute approximate surface area is 156 Å². The molecule has 1 unspecified atom stereocenters. The first kappa shape index (κ1) is 19.1. The van der Waals surface area contributed by atoms with E-state index in [-0.39, 0.29) is 24.4 Å². The third-order valence-electron chi connectivity index (χ3n) is 3.78. The van der Waals surface area contributed by atoms with Crippen LogP contribution in [0.5, 0.6) is 0 Å². The Morgan fingerprint density at radius 2 is 2.38 bits per heavy atom. The van der Waals surface area contributed by atoms with E-state index in [1.54, 1.807) is 12.5 Å². The lowest BCUT2D eigenvalue weighted by atomic mass is 10.0. The number of rotatable bonds is 4. The summed E-state index contributed by atoms with van der Waals surface area (Å²) >= 11 is 7.54. The van der Waals surface area contributed by atoms with E-state index < -0.39 is 0 Å². The van der Waals surface area contributed by atoms with Gasteiger partial charge in [0.05, 0.1) is 12.6 Å². The molecule has 1 aromatic heterocycles. The lowest BCUT2D eigenvalue weighted by molar-refractivity contribution is 0.0628. The number of piperazine rings is 1. The van der Waals surface area contributed by atoms with Gasteiger partial charge in [-0.1, -0.05) is 23.7 Å². The Hall–Kier alpha value is -1.18. The predicted molar refractivity (Wildman–Crippen MR) is 98.2 cm³/mol. The third-order valence-corrected chi connectivity index (χ3v) is 4.83. The summed E-state index contributed by atoms with van der Waals surface area (Å²) in [6.07, 6.45) is 0. The molecule has 0 bridgehead atoms. The summed E-state index contributed by atoms with van der Waals surface area (Å²) in [6, 6.07) is 7.62. The Kier molecular flexibility index (Phi) is 7.01. The number of hydrogen-bond acceptors (Lipinski definition) is 5. The maximum Gasteiger partial charge on any atom is 0.273 e. The van der Waals surface area contributed by atoms with Gasteiger partial charge in [-0.2, -0.15) is 0 Å². The summed E-state index contributed by atoms with van der Waals surface area (Å²) in [6.45, 7) is 2.56. The van der Waals surface area contributed by atoms with Gasteiger partial charge in [0.15, 0.2) is 0 Å². The van der Waals surface area contributed by atoms with E-state index in [4.69, 9.17) is 16.3 Å². The van der Waals surface area contributed by atoms with Gasteiger partial charge in [-0.15, -0.1) is 23.7 Å². The van der Waals surface area contributed by atoms with Crippen molar-refractivity contribution in [1.29, 1.82) is 0 Å². The van der Waals surface area contributed by atoms with Crippen molar-refractivity contribution >= 4 is 41.3 Å². The Bertz CT molecular complexity index is 695. The van der Waals surface area contributed by atoms with Crippen molar-refractivity contribution in [2.45, 2.75) is 12.6 Å². The van der Waals surface area contributed by atoms with Crippen molar-refractivity contribution in [3.63, 3.8) is 0 Å². The molecule has 0 spiro atoms. The highest BCUT2D eigenvalue weighted by Gasteiger charge is 2.29. The lowest BCUT2D eigenvalue weighted by Gasteiger charge is -2.36. The number of carbonyl (C=O) groups is 1. The molecule has 24 heavy (non-hydrogen) atoms. The molecule has 8 heteroatoms. The molecule has 5 nitrogen and oxygen atoms in total. The number of thiazole rings is 1. The second-order valence-corrected chi connectivity index (χ2v) is 6.71. The normalized spacial score (nSPS) is 17.4. The Morgan fingerprint density at radius 1 is 1.54 bits per heavy atom. The fraction of sp³-hybridized carbons (Fsp3) is 0.375. The second-order valence-electron chi connectivity index (χ2n) is 5.33. The summed E-state index contributed by atoms with van der Waals surface area (Å²) in [5.74, 6) is -0.0462. The minimum absolute atomic E-state index is 0. The van der Waals surface area contributed by atoms with E-state index in [1.165, 1.54) is 11.3 Å². The molecular formula is C16H19Cl2N3O2S. The molecule has 1 aromatic carbocycles. The quantitative estimate of drug-likeness (QED) is 0.875. The molecule has 1 atom stereocenters. The third kappa shape index (κ3) is 4.26. The molecule has 3 rings (SSSR count). The number of carbonyl (C=O) groups excluding carboxylic acids is 1. The highest BCUT2D eigenvalue weighted by Crippen LogP contribution is 2.26. The zero-order valence-electron chi connectivity index (χ0n) is 13.2. The number of nitrogens with one attached hydrogen (secondary N) is 1. The number of ether oxygens (including phenoxy) is 1. The van der Waals surface area contributed by atoms with Gasteiger partial charge in [-0.25, -0.2) is 4.98 Å². The molecule has 0 radical (unpaired) electrons. The van der Waals surface area contributed by atoms with Gasteiger partial charge < -0.3 is 15.0 Å². The topological polar surface area (TPSA) is 54.5 Å². The number of methoxy groups -OCH3 is 1. The number of nitrogens with zero attached hydrogens (tertiary/aromatic N) is 2. The molecular weight excluding hydrogens is 369 g/mol. The van der Waals surface area contributed by atoms with Crippen molar-refractivity contribution in [1.82, 2.24) is 15.2 Å². The lowest BCUT2D eigenvalue weighted by Crippen LogP contribution is -2.48. The average Bonchev–Trinajstić information content (AvgIpc) is 3.03. The van der Waals surface area contributed by atoms with E-state index in [0.29, 0.717) is 30.4 Å². The van der Waals surface area contributed by atoms with Gasteiger partial charge in [0, 0.05) is 37.1 Å². The van der Waals surface area contributed by atoms with Gasteiger partial charge in [0.2, 0.25) is 0 Å². The van der Waals surface area contributed by atoms with Gasteiger partial charge in [-0.3, -0.25) is 4.79 Å². The SMILES string of the molecule is COCc1nc(C(=O)N2CCNCC2c2cccc(Cl)c2)cs1.Cl. The second kappa shape index (κ2) is 8.78. The number of aromatic nitrogens is 1. The summed E-state index contributed by atoms with van der Waals surface area (Å²) < 4.78 is 5.07. The smallest absolute Gasteiger partial charge is 0.273 e. The van der Waals surface area contributed by atoms with Crippen LogP contribution in [0.25, 0.3) is 0 Å². The van der Waals surface area contributed by atoms with Crippen LogP contribution in [0, 0.1) is 0 Å². The minimum atomic E-state index is -0.0462. The summed E-state index contributed by atoms with van der Waals surface area (Å²) in [7, 11) is 1.62. The van der Waals surface area contributed by atoms with E-state index >= 15 is 0 Å². The van der Waals surface area contributed by atoms with Crippen molar-refractivity contribution < 1.29 is 9.53 Å². The summed E-state index contributed by atoms with van der Waals surface area (Å²) in [4.78, 5) is 19.1. The molecule has 2 heterocycles. The van der Waals surface area contributed by atoms with Crippen LogP contribution in [-0.4, -0.2) is 42.5 Å². The first-order chi connectivity index (χ1) is 11.2. The molecule has 1 saturated heterocycles. The predicted octanol–water partition coefficient (Wildman–Crippen LogP) is 3.15. The minimum Gasteiger partial charge on any atom is -0.378 e. The average molecular weight is 388 g/mol. The first-order valence-corrected chi connectivity index (χ1v) is 8.65. The van der Waals surface area contributed by atoms with Crippen molar-refractivity contribution in [2.24, 2.45) is 0 Å². The van der Waals surface area contributed by atoms with Crippen LogP contribution in [0.3, 0.4) is 0 Å². The van der Waals surface area contributed by atoms with Gasteiger partial charge in [-0.05, 0) is 17.7 Å². The van der Waals surface area contributed by atoms with Crippen LogP contribution >= 0.6 is 35.3 Å². The zero-order chi connectivity index (χ0) is 16.2. The van der Waals surface area contributed by atoms with Crippen molar-refractivity contribution in [3.05, 3.63) is 50.9 Å². The van der Waals surface area contributed by atoms with E-state index in [2.05, 4.69) is 10.3 Å². The van der Waals surface area contributed by atoms with Crippen LogP contribution < -0.4 is 5.32 Å². The summed E-state index contributed by atoms with van der Waals surface area (Å²) in [5, 5.41) is 6.63. The monoisotopic (exact) mass is 387 g/mol. The highest BCUT2D eigenvalue weighted by molar-refractivity contribution is 7.09. The maximum absolute atomic E-state index is 12.9. The number of halogens is 2.